The summed E-state index contributed by atoms with van der Waals surface area (Å²) >= 11 is 0. The van der Waals surface area contributed by atoms with Crippen molar-refractivity contribution in [3.05, 3.63) is 0 Å². The fourth-order valence-corrected chi connectivity index (χ4v) is 2.99. The van der Waals surface area contributed by atoms with Crippen molar-refractivity contribution in [2.45, 2.75) is 98.2 Å². The van der Waals surface area contributed by atoms with Crippen molar-refractivity contribution in [1.82, 2.24) is 5.32 Å². The summed E-state index contributed by atoms with van der Waals surface area (Å²) in [6.07, 6.45) is 10.6. The average Bonchev–Trinajstić information content (AvgIpc) is 3.12. The summed E-state index contributed by atoms with van der Waals surface area (Å²) in [6, 6.07) is 0. The van der Waals surface area contributed by atoms with Crippen molar-refractivity contribution in [2.24, 2.45) is 17.0 Å². The van der Waals surface area contributed by atoms with E-state index in [1.165, 1.54) is 38.5 Å². The van der Waals surface area contributed by atoms with Gasteiger partial charge in [-0.05, 0) is 32.2 Å². The molecule has 0 saturated carbocycles. The zero-order chi connectivity index (χ0) is 17.8. The third kappa shape index (κ3) is 7.87. The van der Waals surface area contributed by atoms with Crippen LogP contribution >= 0.6 is 0 Å². The third-order valence-corrected chi connectivity index (χ3v) is 5.05. The molecule has 0 bridgehead atoms. The van der Waals surface area contributed by atoms with Gasteiger partial charge in [-0.25, -0.2) is 0 Å². The van der Waals surface area contributed by atoms with E-state index in [0.717, 1.165) is 31.8 Å². The first-order valence-corrected chi connectivity index (χ1v) is 10.2. The van der Waals surface area contributed by atoms with Crippen LogP contribution in [0.15, 0.2) is 5.16 Å². The molecule has 0 aromatic rings. The lowest BCUT2D eigenvalue weighted by Gasteiger charge is -2.31. The van der Waals surface area contributed by atoms with Crippen molar-refractivity contribution in [3.8, 4) is 0 Å². The van der Waals surface area contributed by atoms with Gasteiger partial charge in [0.15, 0.2) is 6.10 Å². The van der Waals surface area contributed by atoms with Gasteiger partial charge in [0.2, 0.25) is 5.90 Å². The second-order valence-electron chi connectivity index (χ2n) is 7.40. The SMILES string of the molecule is CCC(C)CC1OC(C2CCNC2)=NOC1C.CCCCCCC. The van der Waals surface area contributed by atoms with Crippen LogP contribution in [0.3, 0.4) is 0 Å². The van der Waals surface area contributed by atoms with Crippen molar-refractivity contribution in [3.63, 3.8) is 0 Å². The maximum atomic E-state index is 6.04. The van der Waals surface area contributed by atoms with Gasteiger partial charge in [0, 0.05) is 6.54 Å². The minimum Gasteiger partial charge on any atom is -0.471 e. The number of rotatable bonds is 8. The molecule has 0 aromatic carbocycles. The lowest BCUT2D eigenvalue weighted by Crippen LogP contribution is -2.39. The Kier molecular flexibility index (Phi) is 11.1. The minimum absolute atomic E-state index is 0.0714. The Bertz CT molecular complexity index is 337. The molecule has 1 saturated heterocycles. The third-order valence-electron chi connectivity index (χ3n) is 5.05. The Morgan fingerprint density at radius 1 is 1.17 bits per heavy atom. The fraction of sp³-hybridized carbons (Fsp3) is 0.950. The van der Waals surface area contributed by atoms with Crippen LogP contribution < -0.4 is 5.32 Å². The number of hydrogen-bond donors (Lipinski definition) is 1. The first kappa shape index (κ1) is 21.3. The molecule has 2 heterocycles. The zero-order valence-corrected chi connectivity index (χ0v) is 16.6. The lowest BCUT2D eigenvalue weighted by molar-refractivity contribution is -0.0627. The lowest BCUT2D eigenvalue weighted by atomic mass is 9.98. The molecule has 0 spiro atoms. The largest absolute Gasteiger partial charge is 0.471 e. The highest BCUT2D eigenvalue weighted by Crippen LogP contribution is 2.24. The molecule has 0 aliphatic carbocycles. The van der Waals surface area contributed by atoms with E-state index in [9.17, 15) is 0 Å². The van der Waals surface area contributed by atoms with Crippen LogP contribution in [-0.2, 0) is 9.57 Å². The molecule has 142 valence electrons. The standard InChI is InChI=1S/C13H24N2O2.C7H16/c1-4-9(2)7-12-10(3)17-15-13(16-12)11-5-6-14-8-11;1-3-5-7-6-4-2/h9-12,14H,4-8H2,1-3H3;3-7H2,1-2H3. The summed E-state index contributed by atoms with van der Waals surface area (Å²) in [5.74, 6) is 1.88. The normalized spacial score (nSPS) is 27.4. The van der Waals surface area contributed by atoms with Gasteiger partial charge in [-0.15, -0.1) is 0 Å². The Morgan fingerprint density at radius 2 is 1.88 bits per heavy atom. The van der Waals surface area contributed by atoms with Crippen molar-refractivity contribution in [2.75, 3.05) is 13.1 Å². The number of nitrogens with one attached hydrogen (secondary N) is 1. The highest BCUT2D eigenvalue weighted by atomic mass is 16.7. The molecule has 4 nitrogen and oxygen atoms in total. The smallest absolute Gasteiger partial charge is 0.230 e. The molecular formula is C20H40N2O2. The molecular weight excluding hydrogens is 300 g/mol. The van der Waals surface area contributed by atoms with Crippen LogP contribution in [0.1, 0.15) is 86.0 Å². The predicted molar refractivity (Wildman–Crippen MR) is 102 cm³/mol. The van der Waals surface area contributed by atoms with Crippen LogP contribution in [0, 0.1) is 11.8 Å². The van der Waals surface area contributed by atoms with E-state index in [-0.39, 0.29) is 12.2 Å². The monoisotopic (exact) mass is 340 g/mol. The van der Waals surface area contributed by atoms with Crippen molar-refractivity contribution < 1.29 is 9.57 Å². The molecule has 4 unspecified atom stereocenters. The molecule has 0 radical (unpaired) electrons. The highest BCUT2D eigenvalue weighted by molar-refractivity contribution is 5.79. The molecule has 2 aliphatic heterocycles. The van der Waals surface area contributed by atoms with Crippen LogP contribution in [0.2, 0.25) is 0 Å². The summed E-state index contributed by atoms with van der Waals surface area (Å²) in [4.78, 5) is 5.50. The molecule has 0 aromatic heterocycles. The van der Waals surface area contributed by atoms with E-state index in [4.69, 9.17) is 9.57 Å². The minimum atomic E-state index is 0.0714. The Morgan fingerprint density at radius 3 is 2.42 bits per heavy atom. The first-order chi connectivity index (χ1) is 11.6. The Labute approximate surface area is 149 Å². The van der Waals surface area contributed by atoms with E-state index in [1.54, 1.807) is 0 Å². The maximum Gasteiger partial charge on any atom is 0.230 e. The topological polar surface area (TPSA) is 42.8 Å². The van der Waals surface area contributed by atoms with E-state index in [0.29, 0.717) is 11.8 Å². The maximum absolute atomic E-state index is 6.04. The van der Waals surface area contributed by atoms with E-state index in [1.807, 2.05) is 6.92 Å². The number of ether oxygens (including phenoxy) is 1. The molecule has 2 aliphatic rings. The number of hydrogen-bond acceptors (Lipinski definition) is 4. The summed E-state index contributed by atoms with van der Waals surface area (Å²) in [6.45, 7) is 13.0. The number of unbranched alkanes of at least 4 members (excludes halogenated alkanes) is 4. The van der Waals surface area contributed by atoms with Gasteiger partial charge in [-0.1, -0.05) is 71.4 Å². The molecule has 0 amide bonds. The Hall–Kier alpha value is -0.770. The van der Waals surface area contributed by atoms with E-state index >= 15 is 0 Å². The Balaban J connectivity index is 0.000000351. The van der Waals surface area contributed by atoms with Crippen LogP contribution in [0.25, 0.3) is 0 Å². The van der Waals surface area contributed by atoms with Gasteiger partial charge in [-0.2, -0.15) is 0 Å². The van der Waals surface area contributed by atoms with Crippen LogP contribution in [-0.4, -0.2) is 31.2 Å². The molecule has 1 fully saturated rings. The zero-order valence-electron chi connectivity index (χ0n) is 16.6. The highest BCUT2D eigenvalue weighted by Gasteiger charge is 2.33. The van der Waals surface area contributed by atoms with Gasteiger partial charge >= 0.3 is 0 Å². The molecule has 4 atom stereocenters. The molecule has 24 heavy (non-hydrogen) atoms. The summed E-state index contributed by atoms with van der Waals surface area (Å²) < 4.78 is 6.04. The summed E-state index contributed by atoms with van der Waals surface area (Å²) in [5, 5.41) is 7.46. The fourth-order valence-electron chi connectivity index (χ4n) is 2.99. The second-order valence-corrected chi connectivity index (χ2v) is 7.40. The van der Waals surface area contributed by atoms with E-state index in [2.05, 4.69) is 38.2 Å². The van der Waals surface area contributed by atoms with Crippen LogP contribution in [0.4, 0.5) is 0 Å². The quantitative estimate of drug-likeness (QED) is 0.623. The molecule has 4 heteroatoms. The number of oxime groups is 1. The summed E-state index contributed by atoms with van der Waals surface area (Å²) in [7, 11) is 0. The van der Waals surface area contributed by atoms with Gasteiger partial charge in [0.05, 0.1) is 5.92 Å². The second kappa shape index (κ2) is 12.6. The predicted octanol–water partition coefficient (Wildman–Crippen LogP) is 5.13. The van der Waals surface area contributed by atoms with Gasteiger partial charge in [0.1, 0.15) is 6.10 Å². The first-order valence-electron chi connectivity index (χ1n) is 10.2. The van der Waals surface area contributed by atoms with Gasteiger partial charge < -0.3 is 14.9 Å². The van der Waals surface area contributed by atoms with Gasteiger partial charge in [0.25, 0.3) is 0 Å². The molecule has 2 rings (SSSR count). The number of nitrogens with zero attached hydrogens (tertiary/aromatic N) is 1. The average molecular weight is 341 g/mol. The van der Waals surface area contributed by atoms with Crippen molar-refractivity contribution in [1.29, 1.82) is 0 Å². The van der Waals surface area contributed by atoms with Gasteiger partial charge in [-0.3, -0.25) is 0 Å². The van der Waals surface area contributed by atoms with E-state index < -0.39 is 0 Å². The van der Waals surface area contributed by atoms with Crippen LogP contribution in [0.5, 0.6) is 0 Å². The summed E-state index contributed by atoms with van der Waals surface area (Å²) in [5.41, 5.74) is 0. The van der Waals surface area contributed by atoms with Crippen molar-refractivity contribution >= 4 is 5.90 Å². The molecule has 1 N–H and O–H groups in total.